The highest BCUT2D eigenvalue weighted by molar-refractivity contribution is 7.92. The van der Waals surface area contributed by atoms with Gasteiger partial charge in [-0.3, -0.25) is 4.31 Å². The summed E-state index contributed by atoms with van der Waals surface area (Å²) < 4.78 is 32.8. The van der Waals surface area contributed by atoms with E-state index in [1.54, 1.807) is 6.92 Å². The van der Waals surface area contributed by atoms with Gasteiger partial charge >= 0.3 is 5.97 Å². The normalized spacial score (nSPS) is 17.0. The number of fused-ring (bicyclic) bond motifs is 1. The van der Waals surface area contributed by atoms with E-state index in [0.29, 0.717) is 5.56 Å². The molecule has 0 unspecified atom stereocenters. The molecule has 25 heavy (non-hydrogen) atoms. The van der Waals surface area contributed by atoms with Gasteiger partial charge in [-0.05, 0) is 62.6 Å². The Bertz CT molecular complexity index is 875. The Balaban J connectivity index is 1.98. The topological polar surface area (TPSA) is 63.7 Å². The molecule has 0 fully saturated rings. The lowest BCUT2D eigenvalue weighted by Crippen LogP contribution is -2.42. The van der Waals surface area contributed by atoms with Crippen molar-refractivity contribution in [3.63, 3.8) is 0 Å². The zero-order valence-electron chi connectivity index (χ0n) is 14.3. The van der Waals surface area contributed by atoms with Crippen LogP contribution in [0.4, 0.5) is 5.69 Å². The Kier molecular flexibility index (Phi) is 4.81. The maximum Gasteiger partial charge on any atom is 0.338 e. The fraction of sp³-hybridized carbons (Fsp3) is 0.316. The third-order valence-corrected chi connectivity index (χ3v) is 6.33. The molecule has 0 bridgehead atoms. The fourth-order valence-electron chi connectivity index (χ4n) is 3.11. The number of nitrogens with zero attached hydrogens (tertiary/aromatic N) is 1. The first-order chi connectivity index (χ1) is 11.9. The highest BCUT2D eigenvalue weighted by Gasteiger charge is 2.33. The smallest absolute Gasteiger partial charge is 0.338 e. The number of carbonyl (C=O) groups excluding carboxylic acids is 1. The van der Waals surface area contributed by atoms with Crippen molar-refractivity contribution in [2.75, 3.05) is 10.9 Å². The first kappa shape index (κ1) is 17.5. The lowest BCUT2D eigenvalue weighted by molar-refractivity contribution is 0.0526. The number of benzene rings is 2. The predicted octanol–water partition coefficient (Wildman–Crippen LogP) is 3.39. The molecule has 3 rings (SSSR count). The molecule has 0 radical (unpaired) electrons. The molecule has 5 nitrogen and oxygen atoms in total. The highest BCUT2D eigenvalue weighted by Crippen LogP contribution is 2.35. The number of anilines is 1. The third kappa shape index (κ3) is 3.26. The van der Waals surface area contributed by atoms with Gasteiger partial charge in [0.05, 0.1) is 22.8 Å². The Hall–Kier alpha value is -2.34. The number of hydrogen-bond acceptors (Lipinski definition) is 4. The van der Waals surface area contributed by atoms with Crippen molar-refractivity contribution in [2.45, 2.75) is 37.6 Å². The second-order valence-electron chi connectivity index (χ2n) is 6.06. The van der Waals surface area contributed by atoms with E-state index in [9.17, 15) is 13.2 Å². The van der Waals surface area contributed by atoms with Gasteiger partial charge in [-0.2, -0.15) is 0 Å². The third-order valence-electron chi connectivity index (χ3n) is 4.38. The average molecular weight is 359 g/mol. The van der Waals surface area contributed by atoms with Gasteiger partial charge in [0, 0.05) is 6.04 Å². The first-order valence-electron chi connectivity index (χ1n) is 8.34. The monoisotopic (exact) mass is 359 g/mol. The van der Waals surface area contributed by atoms with Gasteiger partial charge in [0.1, 0.15) is 0 Å². The van der Waals surface area contributed by atoms with E-state index in [1.165, 1.54) is 28.6 Å². The zero-order chi connectivity index (χ0) is 18.0. The summed E-state index contributed by atoms with van der Waals surface area (Å²) in [6.45, 7) is 3.92. The summed E-state index contributed by atoms with van der Waals surface area (Å²) in [4.78, 5) is 11.9. The van der Waals surface area contributed by atoms with Crippen LogP contribution in [0, 0.1) is 0 Å². The van der Waals surface area contributed by atoms with Crippen molar-refractivity contribution in [3.8, 4) is 0 Å². The number of ether oxygens (including phenoxy) is 1. The molecule has 0 saturated heterocycles. The number of rotatable bonds is 4. The Morgan fingerprint density at radius 2 is 1.84 bits per heavy atom. The van der Waals surface area contributed by atoms with Crippen molar-refractivity contribution in [3.05, 3.63) is 59.7 Å². The van der Waals surface area contributed by atoms with E-state index in [-0.39, 0.29) is 17.5 Å². The molecule has 132 valence electrons. The molecule has 0 aliphatic carbocycles. The minimum atomic E-state index is -3.70. The molecule has 0 amide bonds. The SMILES string of the molecule is CCOC(=O)c1ccc(S(=O)(=O)N2c3ccccc3CC[C@@H]2C)cc1. The average Bonchev–Trinajstić information content (AvgIpc) is 2.61. The van der Waals surface area contributed by atoms with Crippen LogP contribution in [0.2, 0.25) is 0 Å². The van der Waals surface area contributed by atoms with Crippen molar-refractivity contribution in [1.29, 1.82) is 0 Å². The summed E-state index contributed by atoms with van der Waals surface area (Å²) in [6.07, 6.45) is 1.64. The molecule has 0 saturated carbocycles. The molecule has 2 aromatic carbocycles. The maximum atomic E-state index is 13.2. The summed E-state index contributed by atoms with van der Waals surface area (Å²) in [5.74, 6) is -0.455. The molecule has 6 heteroatoms. The highest BCUT2D eigenvalue weighted by atomic mass is 32.2. The Morgan fingerprint density at radius 3 is 2.52 bits per heavy atom. The molecule has 2 aromatic rings. The molecule has 0 aromatic heterocycles. The standard InChI is InChI=1S/C19H21NO4S/c1-3-24-19(21)16-10-12-17(13-11-16)25(22,23)20-14(2)8-9-15-6-4-5-7-18(15)20/h4-7,10-14H,3,8-9H2,1-2H3/t14-/m0/s1. The van der Waals surface area contributed by atoms with Gasteiger partial charge in [0.25, 0.3) is 10.0 Å². The van der Waals surface area contributed by atoms with Crippen molar-refractivity contribution in [1.82, 2.24) is 0 Å². The summed E-state index contributed by atoms with van der Waals surface area (Å²) in [7, 11) is -3.70. The quantitative estimate of drug-likeness (QED) is 0.785. The molecule has 1 aliphatic rings. The van der Waals surface area contributed by atoms with Crippen LogP contribution in [0.5, 0.6) is 0 Å². The summed E-state index contributed by atoms with van der Waals surface area (Å²) in [5, 5.41) is 0. The van der Waals surface area contributed by atoms with E-state index in [0.717, 1.165) is 24.1 Å². The minimum Gasteiger partial charge on any atom is -0.462 e. The van der Waals surface area contributed by atoms with Crippen molar-refractivity contribution in [2.24, 2.45) is 0 Å². The van der Waals surface area contributed by atoms with E-state index in [4.69, 9.17) is 4.74 Å². The van der Waals surface area contributed by atoms with E-state index >= 15 is 0 Å². The number of aryl methyl sites for hydroxylation is 1. The van der Waals surface area contributed by atoms with Crippen molar-refractivity contribution < 1.29 is 17.9 Å². The largest absolute Gasteiger partial charge is 0.462 e. The maximum absolute atomic E-state index is 13.2. The summed E-state index contributed by atoms with van der Waals surface area (Å²) in [6, 6.07) is 13.4. The van der Waals surface area contributed by atoms with Crippen LogP contribution in [0.15, 0.2) is 53.4 Å². The fourth-order valence-corrected chi connectivity index (χ4v) is 4.84. The van der Waals surface area contributed by atoms with Crippen LogP contribution in [0.25, 0.3) is 0 Å². The first-order valence-corrected chi connectivity index (χ1v) is 9.78. The molecule has 0 spiro atoms. The summed E-state index contributed by atoms with van der Waals surface area (Å²) in [5.41, 5.74) is 2.11. The lowest BCUT2D eigenvalue weighted by Gasteiger charge is -2.36. The minimum absolute atomic E-state index is 0.121. The molecule has 0 N–H and O–H groups in total. The Labute approximate surface area is 148 Å². The van der Waals surface area contributed by atoms with E-state index < -0.39 is 16.0 Å². The number of hydrogen-bond donors (Lipinski definition) is 0. The predicted molar refractivity (Wildman–Crippen MR) is 96.3 cm³/mol. The molecule has 1 aliphatic heterocycles. The van der Waals surface area contributed by atoms with E-state index in [1.807, 2.05) is 31.2 Å². The lowest BCUT2D eigenvalue weighted by atomic mass is 9.99. The van der Waals surface area contributed by atoms with Gasteiger partial charge in [-0.25, -0.2) is 13.2 Å². The van der Waals surface area contributed by atoms with E-state index in [2.05, 4.69) is 0 Å². The van der Waals surface area contributed by atoms with Gasteiger partial charge in [-0.1, -0.05) is 18.2 Å². The van der Waals surface area contributed by atoms with Gasteiger partial charge in [0.2, 0.25) is 0 Å². The van der Waals surface area contributed by atoms with Gasteiger partial charge in [-0.15, -0.1) is 0 Å². The van der Waals surface area contributed by atoms with Crippen LogP contribution in [0.3, 0.4) is 0 Å². The van der Waals surface area contributed by atoms with Crippen molar-refractivity contribution >= 4 is 21.7 Å². The van der Waals surface area contributed by atoms with Crippen LogP contribution in [0.1, 0.15) is 36.2 Å². The Morgan fingerprint density at radius 1 is 1.16 bits per heavy atom. The number of esters is 1. The number of sulfonamides is 1. The number of carbonyl (C=O) groups is 1. The van der Waals surface area contributed by atoms with Crippen LogP contribution >= 0.6 is 0 Å². The molecule has 1 atom stereocenters. The summed E-state index contributed by atoms with van der Waals surface area (Å²) >= 11 is 0. The second-order valence-corrected chi connectivity index (χ2v) is 7.88. The van der Waals surface area contributed by atoms with Crippen LogP contribution in [-0.4, -0.2) is 27.0 Å². The zero-order valence-corrected chi connectivity index (χ0v) is 15.1. The van der Waals surface area contributed by atoms with Gasteiger partial charge in [0.15, 0.2) is 0 Å². The molecule has 1 heterocycles. The number of para-hydroxylation sites is 1. The second kappa shape index (κ2) is 6.88. The molecular formula is C19H21NO4S. The van der Waals surface area contributed by atoms with Crippen LogP contribution < -0.4 is 4.31 Å². The molecular weight excluding hydrogens is 338 g/mol. The van der Waals surface area contributed by atoms with Crippen LogP contribution in [-0.2, 0) is 21.2 Å². The van der Waals surface area contributed by atoms with Gasteiger partial charge < -0.3 is 4.74 Å².